The van der Waals surface area contributed by atoms with Crippen molar-refractivity contribution in [2.45, 2.75) is 57.7 Å². The normalized spacial score (nSPS) is 25.0. The third-order valence-corrected chi connectivity index (χ3v) is 4.70. The van der Waals surface area contributed by atoms with Crippen molar-refractivity contribution in [3.8, 4) is 0 Å². The van der Waals surface area contributed by atoms with E-state index in [1.54, 1.807) is 12.1 Å². The molecule has 1 saturated heterocycles. The Kier molecular flexibility index (Phi) is 5.55. The Balaban J connectivity index is 1.97. The Morgan fingerprint density at radius 3 is 2.85 bits per heavy atom. The number of benzene rings is 1. The molecule has 0 bridgehead atoms. The molecule has 1 aliphatic rings. The quantitative estimate of drug-likeness (QED) is 0.853. The fourth-order valence-electron chi connectivity index (χ4n) is 3.45. The van der Waals surface area contributed by atoms with Crippen molar-refractivity contribution < 1.29 is 4.39 Å². The summed E-state index contributed by atoms with van der Waals surface area (Å²) in [6, 6.07) is 8.60. The molecule has 0 radical (unpaired) electrons. The van der Waals surface area contributed by atoms with Gasteiger partial charge in [0.15, 0.2) is 0 Å². The standard InChI is InChI=1S/C17H27FN2/c1-4-16-9-8-13(2)20(16)11-10-17(19-3)14-6-5-7-15(18)12-14/h5-7,12-13,16-17,19H,4,8-11H2,1-3H3. The summed E-state index contributed by atoms with van der Waals surface area (Å²) < 4.78 is 13.3. The van der Waals surface area contributed by atoms with Crippen LogP contribution < -0.4 is 5.32 Å². The fraction of sp³-hybridized carbons (Fsp3) is 0.647. The van der Waals surface area contributed by atoms with Crippen LogP contribution in [0.5, 0.6) is 0 Å². The van der Waals surface area contributed by atoms with E-state index in [0.717, 1.165) is 24.6 Å². The van der Waals surface area contributed by atoms with Gasteiger partial charge < -0.3 is 5.32 Å². The van der Waals surface area contributed by atoms with E-state index in [0.29, 0.717) is 6.04 Å². The lowest BCUT2D eigenvalue weighted by Crippen LogP contribution is -2.36. The zero-order chi connectivity index (χ0) is 14.5. The molecule has 2 rings (SSSR count). The van der Waals surface area contributed by atoms with E-state index >= 15 is 0 Å². The van der Waals surface area contributed by atoms with Gasteiger partial charge in [-0.2, -0.15) is 0 Å². The largest absolute Gasteiger partial charge is 0.313 e. The topological polar surface area (TPSA) is 15.3 Å². The third-order valence-electron chi connectivity index (χ3n) is 4.70. The van der Waals surface area contributed by atoms with Gasteiger partial charge in [0.2, 0.25) is 0 Å². The molecule has 1 aromatic carbocycles. The summed E-state index contributed by atoms with van der Waals surface area (Å²) in [6.45, 7) is 5.69. The van der Waals surface area contributed by atoms with Gasteiger partial charge in [-0.25, -0.2) is 4.39 Å². The number of nitrogens with zero attached hydrogens (tertiary/aromatic N) is 1. The molecule has 1 aromatic rings. The molecule has 1 heterocycles. The average Bonchev–Trinajstić information content (AvgIpc) is 2.80. The Morgan fingerprint density at radius 2 is 2.20 bits per heavy atom. The van der Waals surface area contributed by atoms with Crippen molar-refractivity contribution in [2.24, 2.45) is 0 Å². The Labute approximate surface area is 122 Å². The maximum atomic E-state index is 13.3. The first-order valence-corrected chi connectivity index (χ1v) is 7.84. The highest BCUT2D eigenvalue weighted by molar-refractivity contribution is 5.20. The molecule has 3 heteroatoms. The van der Waals surface area contributed by atoms with Gasteiger partial charge in [-0.15, -0.1) is 0 Å². The zero-order valence-electron chi connectivity index (χ0n) is 12.9. The van der Waals surface area contributed by atoms with Crippen LogP contribution >= 0.6 is 0 Å². The summed E-state index contributed by atoms with van der Waals surface area (Å²) in [5, 5.41) is 3.32. The molecule has 0 aromatic heterocycles. The Morgan fingerprint density at radius 1 is 1.40 bits per heavy atom. The molecular formula is C17H27FN2. The van der Waals surface area contributed by atoms with Gasteiger partial charge in [0.1, 0.15) is 5.82 Å². The molecule has 0 spiro atoms. The summed E-state index contributed by atoms with van der Waals surface area (Å²) in [5.74, 6) is -0.149. The predicted molar refractivity (Wildman–Crippen MR) is 82.3 cm³/mol. The van der Waals surface area contributed by atoms with Gasteiger partial charge in [-0.3, -0.25) is 4.90 Å². The summed E-state index contributed by atoms with van der Waals surface area (Å²) in [7, 11) is 1.96. The number of hydrogen-bond donors (Lipinski definition) is 1. The van der Waals surface area contributed by atoms with Gasteiger partial charge in [-0.1, -0.05) is 19.1 Å². The van der Waals surface area contributed by atoms with E-state index in [-0.39, 0.29) is 11.9 Å². The van der Waals surface area contributed by atoms with E-state index < -0.39 is 0 Å². The molecule has 1 aliphatic heterocycles. The summed E-state index contributed by atoms with van der Waals surface area (Å²) in [4.78, 5) is 2.63. The van der Waals surface area contributed by atoms with Crippen molar-refractivity contribution in [3.05, 3.63) is 35.6 Å². The van der Waals surface area contributed by atoms with Crippen molar-refractivity contribution in [1.82, 2.24) is 10.2 Å². The molecule has 3 unspecified atom stereocenters. The first kappa shape index (κ1) is 15.5. The minimum atomic E-state index is -0.149. The lowest BCUT2D eigenvalue weighted by Gasteiger charge is -2.29. The second-order valence-electron chi connectivity index (χ2n) is 5.91. The van der Waals surface area contributed by atoms with Crippen LogP contribution in [0.3, 0.4) is 0 Å². The highest BCUT2D eigenvalue weighted by Crippen LogP contribution is 2.27. The van der Waals surface area contributed by atoms with Crippen LogP contribution in [0.4, 0.5) is 4.39 Å². The van der Waals surface area contributed by atoms with E-state index in [1.807, 2.05) is 13.1 Å². The number of halogens is 1. The van der Waals surface area contributed by atoms with E-state index in [1.165, 1.54) is 25.3 Å². The molecule has 112 valence electrons. The zero-order valence-corrected chi connectivity index (χ0v) is 12.9. The minimum absolute atomic E-state index is 0.149. The Hall–Kier alpha value is -0.930. The number of nitrogens with one attached hydrogen (secondary N) is 1. The van der Waals surface area contributed by atoms with Gasteiger partial charge in [0.25, 0.3) is 0 Å². The van der Waals surface area contributed by atoms with Gasteiger partial charge in [-0.05, 0) is 57.4 Å². The van der Waals surface area contributed by atoms with Crippen molar-refractivity contribution >= 4 is 0 Å². The molecule has 0 aliphatic carbocycles. The molecular weight excluding hydrogens is 251 g/mol. The third kappa shape index (κ3) is 3.58. The highest BCUT2D eigenvalue weighted by atomic mass is 19.1. The van der Waals surface area contributed by atoms with Crippen molar-refractivity contribution in [3.63, 3.8) is 0 Å². The Bertz CT molecular complexity index is 421. The van der Waals surface area contributed by atoms with Crippen LogP contribution in [-0.4, -0.2) is 30.6 Å². The van der Waals surface area contributed by atoms with Crippen LogP contribution in [-0.2, 0) is 0 Å². The average molecular weight is 278 g/mol. The lowest BCUT2D eigenvalue weighted by molar-refractivity contribution is 0.189. The van der Waals surface area contributed by atoms with Crippen LogP contribution in [0.25, 0.3) is 0 Å². The van der Waals surface area contributed by atoms with Crippen LogP contribution in [0.1, 0.15) is 51.1 Å². The molecule has 1 fully saturated rings. The first-order valence-electron chi connectivity index (χ1n) is 7.84. The number of likely N-dealkylation sites (tertiary alicyclic amines) is 1. The van der Waals surface area contributed by atoms with Gasteiger partial charge >= 0.3 is 0 Å². The van der Waals surface area contributed by atoms with Crippen molar-refractivity contribution in [1.29, 1.82) is 0 Å². The number of hydrogen-bond acceptors (Lipinski definition) is 2. The molecule has 2 nitrogen and oxygen atoms in total. The second-order valence-corrected chi connectivity index (χ2v) is 5.91. The number of rotatable bonds is 6. The highest BCUT2D eigenvalue weighted by Gasteiger charge is 2.29. The molecule has 1 N–H and O–H groups in total. The smallest absolute Gasteiger partial charge is 0.123 e. The minimum Gasteiger partial charge on any atom is -0.313 e. The molecule has 0 amide bonds. The van der Waals surface area contributed by atoms with Crippen LogP contribution in [0.15, 0.2) is 24.3 Å². The molecule has 20 heavy (non-hydrogen) atoms. The van der Waals surface area contributed by atoms with Gasteiger partial charge in [0, 0.05) is 24.7 Å². The maximum Gasteiger partial charge on any atom is 0.123 e. The summed E-state index contributed by atoms with van der Waals surface area (Å²) >= 11 is 0. The molecule has 3 atom stereocenters. The second kappa shape index (κ2) is 7.19. The SMILES string of the molecule is CCC1CCC(C)N1CCC(NC)c1cccc(F)c1. The van der Waals surface area contributed by atoms with E-state index in [4.69, 9.17) is 0 Å². The predicted octanol–water partition coefficient (Wildman–Crippen LogP) is 3.74. The summed E-state index contributed by atoms with van der Waals surface area (Å²) in [5.41, 5.74) is 1.05. The van der Waals surface area contributed by atoms with E-state index in [2.05, 4.69) is 24.1 Å². The fourth-order valence-corrected chi connectivity index (χ4v) is 3.45. The lowest BCUT2D eigenvalue weighted by atomic mass is 10.0. The van der Waals surface area contributed by atoms with Crippen LogP contribution in [0, 0.1) is 5.82 Å². The molecule has 0 saturated carbocycles. The van der Waals surface area contributed by atoms with E-state index in [9.17, 15) is 4.39 Å². The van der Waals surface area contributed by atoms with Crippen LogP contribution in [0.2, 0.25) is 0 Å². The summed E-state index contributed by atoms with van der Waals surface area (Å²) in [6.07, 6.45) is 4.89. The maximum absolute atomic E-state index is 13.3. The van der Waals surface area contributed by atoms with Crippen molar-refractivity contribution in [2.75, 3.05) is 13.6 Å². The first-order chi connectivity index (χ1) is 9.65. The van der Waals surface area contributed by atoms with Gasteiger partial charge in [0.05, 0.1) is 0 Å². The monoisotopic (exact) mass is 278 g/mol.